The van der Waals surface area contributed by atoms with Gasteiger partial charge in [-0.2, -0.15) is 0 Å². The van der Waals surface area contributed by atoms with Crippen molar-refractivity contribution in [2.45, 2.75) is 50.9 Å². The van der Waals surface area contributed by atoms with Crippen LogP contribution in [-0.2, 0) is 4.74 Å². The van der Waals surface area contributed by atoms with Gasteiger partial charge in [0.25, 0.3) is 0 Å². The predicted octanol–water partition coefficient (Wildman–Crippen LogP) is 1.24. The molecule has 92 valence electrons. The van der Waals surface area contributed by atoms with Crippen molar-refractivity contribution in [1.82, 2.24) is 10.2 Å². The molecule has 0 aliphatic carbocycles. The molecule has 3 aliphatic rings. The molecule has 0 aromatic rings. The molecule has 1 N–H and O–H groups in total. The summed E-state index contributed by atoms with van der Waals surface area (Å²) in [6, 6.07) is 0.755. The lowest BCUT2D eigenvalue weighted by atomic mass is 9.94. The van der Waals surface area contributed by atoms with Crippen molar-refractivity contribution in [3.8, 4) is 0 Å². The maximum Gasteiger partial charge on any atom is 0.0735 e. The summed E-state index contributed by atoms with van der Waals surface area (Å²) in [4.78, 5) is 2.70. The fraction of sp³-hybridized carbons (Fsp3) is 1.00. The molecule has 0 amide bonds. The third-order valence-electron chi connectivity index (χ3n) is 4.54. The minimum absolute atomic E-state index is 0.572. The average molecular weight is 224 g/mol. The van der Waals surface area contributed by atoms with E-state index >= 15 is 0 Å². The quantitative estimate of drug-likeness (QED) is 0.777. The Morgan fingerprint density at radius 1 is 1.31 bits per heavy atom. The third kappa shape index (κ3) is 2.01. The second-order valence-electron chi connectivity index (χ2n) is 5.63. The minimum Gasteiger partial charge on any atom is -0.373 e. The molecule has 3 heterocycles. The zero-order valence-electron chi connectivity index (χ0n) is 10.3. The Balaban J connectivity index is 1.50. The Bertz CT molecular complexity index is 246. The van der Waals surface area contributed by atoms with E-state index in [-0.39, 0.29) is 0 Å². The van der Waals surface area contributed by atoms with E-state index in [9.17, 15) is 0 Å². The maximum atomic E-state index is 5.96. The molecule has 0 spiro atoms. The van der Waals surface area contributed by atoms with Crippen molar-refractivity contribution in [3.63, 3.8) is 0 Å². The lowest BCUT2D eigenvalue weighted by Crippen LogP contribution is -2.40. The topological polar surface area (TPSA) is 24.5 Å². The molecule has 3 nitrogen and oxygen atoms in total. The number of likely N-dealkylation sites (tertiary alicyclic amines) is 1. The first-order valence-corrected chi connectivity index (χ1v) is 6.97. The smallest absolute Gasteiger partial charge is 0.0735 e. The second-order valence-corrected chi connectivity index (χ2v) is 5.63. The molecule has 16 heavy (non-hydrogen) atoms. The first kappa shape index (κ1) is 11.0. The van der Waals surface area contributed by atoms with Crippen molar-refractivity contribution in [2.24, 2.45) is 5.92 Å². The van der Waals surface area contributed by atoms with E-state index in [1.807, 2.05) is 0 Å². The molecule has 3 heteroatoms. The van der Waals surface area contributed by atoms with Crippen LogP contribution in [0.5, 0.6) is 0 Å². The Hall–Kier alpha value is -0.120. The van der Waals surface area contributed by atoms with E-state index < -0.39 is 0 Å². The SMILES string of the molecule is CCNCC1CCN(C2CC3CCC2O3)C1. The highest BCUT2D eigenvalue weighted by molar-refractivity contribution is 4.97. The monoisotopic (exact) mass is 224 g/mol. The number of hydrogen-bond acceptors (Lipinski definition) is 3. The zero-order valence-corrected chi connectivity index (χ0v) is 10.3. The van der Waals surface area contributed by atoms with Crippen LogP contribution in [0.2, 0.25) is 0 Å². The predicted molar refractivity (Wildman–Crippen MR) is 64.5 cm³/mol. The van der Waals surface area contributed by atoms with Crippen molar-refractivity contribution in [1.29, 1.82) is 0 Å². The van der Waals surface area contributed by atoms with Crippen LogP contribution in [0.15, 0.2) is 0 Å². The van der Waals surface area contributed by atoms with E-state index in [0.29, 0.717) is 12.2 Å². The summed E-state index contributed by atoms with van der Waals surface area (Å²) in [5.74, 6) is 0.874. The summed E-state index contributed by atoms with van der Waals surface area (Å²) in [6.07, 6.45) is 6.48. The number of hydrogen-bond donors (Lipinski definition) is 1. The van der Waals surface area contributed by atoms with Gasteiger partial charge in [0.2, 0.25) is 0 Å². The molecule has 0 saturated carbocycles. The van der Waals surface area contributed by atoms with Crippen LogP contribution in [-0.4, -0.2) is 49.3 Å². The summed E-state index contributed by atoms with van der Waals surface area (Å²) in [5, 5.41) is 3.48. The average Bonchev–Trinajstić information content (AvgIpc) is 3.01. The minimum atomic E-state index is 0.572. The molecule has 4 unspecified atom stereocenters. The van der Waals surface area contributed by atoms with E-state index in [2.05, 4.69) is 17.1 Å². The largest absolute Gasteiger partial charge is 0.373 e. The third-order valence-corrected chi connectivity index (χ3v) is 4.54. The molecule has 0 radical (unpaired) electrons. The van der Waals surface area contributed by atoms with Crippen LogP contribution in [0.1, 0.15) is 32.6 Å². The molecule has 3 fully saturated rings. The molecule has 0 aromatic carbocycles. The number of fused-ring (bicyclic) bond motifs is 2. The van der Waals surface area contributed by atoms with Gasteiger partial charge in [0.1, 0.15) is 0 Å². The highest BCUT2D eigenvalue weighted by Crippen LogP contribution is 2.38. The van der Waals surface area contributed by atoms with E-state index in [0.717, 1.165) is 18.5 Å². The standard InChI is InChI=1S/C13H24N2O/c1-2-14-8-10-5-6-15(9-10)12-7-11-3-4-13(12)16-11/h10-14H,2-9H2,1H3. The van der Waals surface area contributed by atoms with Gasteiger partial charge in [-0.15, -0.1) is 0 Å². The Morgan fingerprint density at radius 3 is 2.94 bits per heavy atom. The van der Waals surface area contributed by atoms with Gasteiger partial charge >= 0.3 is 0 Å². The van der Waals surface area contributed by atoms with Crippen LogP contribution in [0, 0.1) is 5.92 Å². The fourth-order valence-corrected chi connectivity index (χ4v) is 3.67. The fourth-order valence-electron chi connectivity index (χ4n) is 3.67. The Morgan fingerprint density at radius 2 is 2.25 bits per heavy atom. The summed E-state index contributed by atoms with van der Waals surface area (Å²) in [7, 11) is 0. The van der Waals surface area contributed by atoms with Gasteiger partial charge < -0.3 is 10.1 Å². The highest BCUT2D eigenvalue weighted by atomic mass is 16.5. The van der Waals surface area contributed by atoms with Crippen molar-refractivity contribution < 1.29 is 4.74 Å². The summed E-state index contributed by atoms with van der Waals surface area (Å²) in [5.41, 5.74) is 0. The Labute approximate surface area is 98.5 Å². The van der Waals surface area contributed by atoms with Gasteiger partial charge in [-0.25, -0.2) is 0 Å². The van der Waals surface area contributed by atoms with Crippen molar-refractivity contribution in [3.05, 3.63) is 0 Å². The number of nitrogens with zero attached hydrogens (tertiary/aromatic N) is 1. The number of ether oxygens (including phenoxy) is 1. The molecular formula is C13H24N2O. The van der Waals surface area contributed by atoms with Gasteiger partial charge in [0.15, 0.2) is 0 Å². The van der Waals surface area contributed by atoms with Crippen LogP contribution in [0.4, 0.5) is 0 Å². The normalized spacial score (nSPS) is 43.3. The van der Waals surface area contributed by atoms with Gasteiger partial charge in [0, 0.05) is 12.6 Å². The molecule has 3 aliphatic heterocycles. The van der Waals surface area contributed by atoms with Gasteiger partial charge in [-0.1, -0.05) is 6.92 Å². The van der Waals surface area contributed by atoms with Gasteiger partial charge in [-0.3, -0.25) is 4.90 Å². The number of rotatable bonds is 4. The van der Waals surface area contributed by atoms with E-state index in [1.165, 1.54) is 45.3 Å². The van der Waals surface area contributed by atoms with Crippen molar-refractivity contribution in [2.75, 3.05) is 26.2 Å². The molecule has 2 bridgehead atoms. The maximum absolute atomic E-state index is 5.96. The first-order chi connectivity index (χ1) is 7.86. The lowest BCUT2D eigenvalue weighted by Gasteiger charge is -2.29. The summed E-state index contributed by atoms with van der Waals surface area (Å²) in [6.45, 7) is 7.09. The first-order valence-electron chi connectivity index (χ1n) is 6.97. The van der Waals surface area contributed by atoms with Crippen LogP contribution >= 0.6 is 0 Å². The molecule has 3 saturated heterocycles. The number of nitrogens with one attached hydrogen (secondary N) is 1. The summed E-state index contributed by atoms with van der Waals surface area (Å²) < 4.78 is 5.96. The molecule has 4 atom stereocenters. The van der Waals surface area contributed by atoms with Gasteiger partial charge in [-0.05, 0) is 51.2 Å². The second kappa shape index (κ2) is 4.63. The Kier molecular flexibility index (Phi) is 3.18. The summed E-state index contributed by atoms with van der Waals surface area (Å²) >= 11 is 0. The van der Waals surface area contributed by atoms with Crippen molar-refractivity contribution >= 4 is 0 Å². The zero-order chi connectivity index (χ0) is 11.0. The lowest BCUT2D eigenvalue weighted by molar-refractivity contribution is 0.0759. The van der Waals surface area contributed by atoms with Crippen LogP contribution in [0.3, 0.4) is 0 Å². The highest BCUT2D eigenvalue weighted by Gasteiger charge is 2.44. The molecular weight excluding hydrogens is 200 g/mol. The van der Waals surface area contributed by atoms with E-state index in [1.54, 1.807) is 0 Å². The van der Waals surface area contributed by atoms with E-state index in [4.69, 9.17) is 4.74 Å². The molecule has 0 aromatic heterocycles. The van der Waals surface area contributed by atoms with Crippen LogP contribution in [0.25, 0.3) is 0 Å². The van der Waals surface area contributed by atoms with Gasteiger partial charge in [0.05, 0.1) is 12.2 Å². The molecule has 3 rings (SSSR count). The van der Waals surface area contributed by atoms with Crippen LogP contribution < -0.4 is 5.32 Å².